The molecule has 0 radical (unpaired) electrons. The van der Waals surface area contributed by atoms with Crippen LogP contribution in [0.5, 0.6) is 5.75 Å². The number of rotatable bonds is 6. The molecule has 17 heavy (non-hydrogen) atoms. The highest BCUT2D eigenvalue weighted by Gasteiger charge is 2.09. The lowest BCUT2D eigenvalue weighted by atomic mass is 10.1. The van der Waals surface area contributed by atoms with Crippen LogP contribution in [0.1, 0.15) is 17.5 Å². The molecule has 0 aliphatic carbocycles. The van der Waals surface area contributed by atoms with Crippen molar-refractivity contribution in [3.05, 3.63) is 28.3 Å². The van der Waals surface area contributed by atoms with E-state index in [0.29, 0.717) is 0 Å². The molecule has 0 bridgehead atoms. The second-order valence-corrected chi connectivity index (χ2v) is 4.70. The van der Waals surface area contributed by atoms with Crippen molar-refractivity contribution in [1.82, 2.24) is 4.90 Å². The maximum absolute atomic E-state index is 6.14. The molecule has 0 aliphatic rings. The van der Waals surface area contributed by atoms with E-state index in [4.69, 9.17) is 22.1 Å². The Balaban J connectivity index is 2.78. The van der Waals surface area contributed by atoms with Gasteiger partial charge >= 0.3 is 0 Å². The Morgan fingerprint density at radius 3 is 2.71 bits per heavy atom. The first-order valence-electron chi connectivity index (χ1n) is 5.80. The van der Waals surface area contributed by atoms with Crippen molar-refractivity contribution in [2.45, 2.75) is 19.9 Å². The maximum Gasteiger partial charge on any atom is 0.123 e. The van der Waals surface area contributed by atoms with Crippen molar-refractivity contribution in [1.29, 1.82) is 0 Å². The summed E-state index contributed by atoms with van der Waals surface area (Å²) >= 11 is 6.14. The molecule has 1 rings (SSSR count). The van der Waals surface area contributed by atoms with Crippen LogP contribution >= 0.6 is 11.6 Å². The topological polar surface area (TPSA) is 38.5 Å². The summed E-state index contributed by atoms with van der Waals surface area (Å²) in [4.78, 5) is 2.22. The van der Waals surface area contributed by atoms with Crippen LogP contribution in [0.15, 0.2) is 12.1 Å². The first-order chi connectivity index (χ1) is 8.08. The molecule has 4 heteroatoms. The van der Waals surface area contributed by atoms with E-state index in [1.165, 1.54) is 0 Å². The van der Waals surface area contributed by atoms with E-state index in [-0.39, 0.29) is 0 Å². The van der Waals surface area contributed by atoms with Crippen molar-refractivity contribution in [3.63, 3.8) is 0 Å². The first kappa shape index (κ1) is 14.3. The van der Waals surface area contributed by atoms with E-state index >= 15 is 0 Å². The third-order valence-electron chi connectivity index (χ3n) is 2.75. The quantitative estimate of drug-likeness (QED) is 0.850. The molecule has 1 aromatic carbocycles. The van der Waals surface area contributed by atoms with Gasteiger partial charge in [0, 0.05) is 17.1 Å². The van der Waals surface area contributed by atoms with Gasteiger partial charge in [0.15, 0.2) is 0 Å². The lowest BCUT2D eigenvalue weighted by molar-refractivity contribution is 0.315. The number of nitrogens with zero attached hydrogens (tertiary/aromatic N) is 1. The number of methoxy groups -OCH3 is 1. The van der Waals surface area contributed by atoms with Gasteiger partial charge in [0.05, 0.1) is 7.11 Å². The predicted octanol–water partition coefficient (Wildman–Crippen LogP) is 2.44. The lowest BCUT2D eigenvalue weighted by Gasteiger charge is -2.18. The largest absolute Gasteiger partial charge is 0.496 e. The van der Waals surface area contributed by atoms with Gasteiger partial charge in [-0.2, -0.15) is 0 Å². The van der Waals surface area contributed by atoms with Gasteiger partial charge < -0.3 is 15.4 Å². The zero-order valence-corrected chi connectivity index (χ0v) is 11.5. The monoisotopic (exact) mass is 256 g/mol. The maximum atomic E-state index is 6.14. The van der Waals surface area contributed by atoms with Crippen molar-refractivity contribution in [2.24, 2.45) is 5.73 Å². The van der Waals surface area contributed by atoms with Gasteiger partial charge in [-0.05, 0) is 51.2 Å². The molecule has 0 aliphatic heterocycles. The van der Waals surface area contributed by atoms with Crippen LogP contribution in [-0.4, -0.2) is 32.1 Å². The van der Waals surface area contributed by atoms with Crippen molar-refractivity contribution in [2.75, 3.05) is 27.2 Å². The average molecular weight is 257 g/mol. The minimum absolute atomic E-state index is 0.718. The number of halogens is 1. The van der Waals surface area contributed by atoms with Gasteiger partial charge in [-0.1, -0.05) is 11.6 Å². The number of benzene rings is 1. The van der Waals surface area contributed by atoms with Crippen LogP contribution in [0.4, 0.5) is 0 Å². The fraction of sp³-hybridized carbons (Fsp3) is 0.538. The third-order valence-corrected chi connectivity index (χ3v) is 3.15. The minimum Gasteiger partial charge on any atom is -0.496 e. The molecule has 0 spiro atoms. The van der Waals surface area contributed by atoms with Crippen LogP contribution < -0.4 is 10.5 Å². The molecule has 3 nitrogen and oxygen atoms in total. The molecular weight excluding hydrogens is 236 g/mol. The molecule has 96 valence electrons. The Morgan fingerprint density at radius 2 is 2.12 bits per heavy atom. The van der Waals surface area contributed by atoms with Crippen molar-refractivity contribution >= 4 is 11.6 Å². The molecule has 0 saturated carbocycles. The minimum atomic E-state index is 0.718. The Bertz CT molecular complexity index is 369. The summed E-state index contributed by atoms with van der Waals surface area (Å²) < 4.78 is 5.38. The number of nitrogens with two attached hydrogens (primary N) is 1. The van der Waals surface area contributed by atoms with E-state index in [1.54, 1.807) is 7.11 Å². The Labute approximate surface area is 109 Å². The Hall–Kier alpha value is -0.770. The number of aryl methyl sites for hydroxylation is 1. The lowest BCUT2D eigenvalue weighted by Crippen LogP contribution is -2.21. The van der Waals surface area contributed by atoms with Gasteiger partial charge in [0.25, 0.3) is 0 Å². The van der Waals surface area contributed by atoms with Crippen molar-refractivity contribution < 1.29 is 4.74 Å². The van der Waals surface area contributed by atoms with Crippen LogP contribution in [0, 0.1) is 6.92 Å². The molecule has 0 saturated heterocycles. The normalized spacial score (nSPS) is 10.9. The van der Waals surface area contributed by atoms with Gasteiger partial charge in [0.1, 0.15) is 5.75 Å². The summed E-state index contributed by atoms with van der Waals surface area (Å²) in [5.74, 6) is 0.895. The van der Waals surface area contributed by atoms with E-state index < -0.39 is 0 Å². The number of hydrogen-bond acceptors (Lipinski definition) is 3. The van der Waals surface area contributed by atoms with Gasteiger partial charge in [-0.25, -0.2) is 0 Å². The van der Waals surface area contributed by atoms with Crippen LogP contribution in [-0.2, 0) is 6.54 Å². The standard InChI is InChI=1S/C13H21ClN2O/c1-10-7-13(17-3)11(8-12(10)14)9-16(2)6-4-5-15/h7-8H,4-6,9,15H2,1-3H3. The summed E-state index contributed by atoms with van der Waals surface area (Å²) in [7, 11) is 3.76. The highest BCUT2D eigenvalue weighted by atomic mass is 35.5. The van der Waals surface area contributed by atoms with E-state index in [2.05, 4.69) is 11.9 Å². The molecule has 0 amide bonds. The number of ether oxygens (including phenoxy) is 1. The Kier molecular flexibility index (Phi) is 5.75. The zero-order valence-electron chi connectivity index (χ0n) is 10.8. The molecule has 0 unspecified atom stereocenters. The summed E-state index contributed by atoms with van der Waals surface area (Å²) in [6, 6.07) is 3.96. The third kappa shape index (κ3) is 4.19. The second-order valence-electron chi connectivity index (χ2n) is 4.29. The number of hydrogen-bond donors (Lipinski definition) is 1. The molecular formula is C13H21ClN2O. The SMILES string of the molecule is COc1cc(C)c(Cl)cc1CN(C)CCCN. The predicted molar refractivity (Wildman–Crippen MR) is 72.7 cm³/mol. The molecule has 2 N–H and O–H groups in total. The van der Waals surface area contributed by atoms with Crippen LogP contribution in [0.2, 0.25) is 5.02 Å². The smallest absolute Gasteiger partial charge is 0.123 e. The van der Waals surface area contributed by atoms with E-state index in [9.17, 15) is 0 Å². The Morgan fingerprint density at radius 1 is 1.41 bits per heavy atom. The molecule has 0 aromatic heterocycles. The summed E-state index contributed by atoms with van der Waals surface area (Å²) in [5.41, 5.74) is 7.65. The fourth-order valence-corrected chi connectivity index (χ4v) is 1.93. The molecule has 1 aromatic rings. The van der Waals surface area contributed by atoms with E-state index in [0.717, 1.165) is 48.0 Å². The van der Waals surface area contributed by atoms with E-state index in [1.807, 2.05) is 19.1 Å². The summed E-state index contributed by atoms with van der Waals surface area (Å²) in [6.45, 7) is 4.50. The van der Waals surface area contributed by atoms with Gasteiger partial charge in [-0.3, -0.25) is 0 Å². The fourth-order valence-electron chi connectivity index (χ4n) is 1.74. The van der Waals surface area contributed by atoms with Crippen LogP contribution in [0.25, 0.3) is 0 Å². The average Bonchev–Trinajstić information content (AvgIpc) is 2.31. The van der Waals surface area contributed by atoms with Crippen molar-refractivity contribution in [3.8, 4) is 5.75 Å². The summed E-state index contributed by atoms with van der Waals surface area (Å²) in [6.07, 6.45) is 0.998. The van der Waals surface area contributed by atoms with Gasteiger partial charge in [-0.15, -0.1) is 0 Å². The molecule has 0 heterocycles. The second kappa shape index (κ2) is 6.84. The molecule has 0 fully saturated rings. The van der Waals surface area contributed by atoms with Gasteiger partial charge in [0.2, 0.25) is 0 Å². The highest BCUT2D eigenvalue weighted by molar-refractivity contribution is 6.31. The zero-order chi connectivity index (χ0) is 12.8. The van der Waals surface area contributed by atoms with Crippen LogP contribution in [0.3, 0.4) is 0 Å². The highest BCUT2D eigenvalue weighted by Crippen LogP contribution is 2.27. The first-order valence-corrected chi connectivity index (χ1v) is 6.18. The summed E-state index contributed by atoms with van der Waals surface area (Å²) in [5, 5.41) is 0.785. The molecule has 0 atom stereocenters.